The number of hydrogen-bond donors (Lipinski definition) is 0. The maximum atomic E-state index is 11.6. The minimum Gasteiger partial charge on any atom is -0.456 e. The third-order valence-corrected chi connectivity index (χ3v) is 4.13. The molecule has 0 unspecified atom stereocenters. The highest BCUT2D eigenvalue weighted by molar-refractivity contribution is 5.67. The molecule has 0 radical (unpaired) electrons. The maximum Gasteiger partial charge on any atom is 0.303 e. The van der Waals surface area contributed by atoms with Crippen LogP contribution in [0.25, 0.3) is 0 Å². The number of esters is 2. The number of benzene rings is 1. The summed E-state index contributed by atoms with van der Waals surface area (Å²) in [6.45, 7) is 2.60. The summed E-state index contributed by atoms with van der Waals surface area (Å²) in [4.78, 5) is 23.0. The molecule has 0 N–H and O–H groups in total. The zero-order valence-corrected chi connectivity index (χ0v) is 14.4. The number of carbonyl (C=O) groups excluding carboxylic acids is 2. The average molecular weight is 361 g/mol. The third kappa shape index (κ3) is 3.85. The van der Waals surface area contributed by atoms with Gasteiger partial charge in [0, 0.05) is 19.4 Å². The van der Waals surface area contributed by atoms with E-state index in [9.17, 15) is 14.9 Å². The lowest BCUT2D eigenvalue weighted by atomic mass is 9.94. The highest BCUT2D eigenvalue weighted by Crippen LogP contribution is 2.36. The van der Waals surface area contributed by atoms with Crippen molar-refractivity contribution in [3.8, 4) is 6.07 Å². The van der Waals surface area contributed by atoms with Gasteiger partial charge >= 0.3 is 11.9 Å². The molecule has 2 saturated heterocycles. The average Bonchev–Trinajstić information content (AvgIpc) is 2.63. The first kappa shape index (κ1) is 18.3. The van der Waals surface area contributed by atoms with Crippen molar-refractivity contribution < 1.29 is 33.3 Å². The second-order valence-electron chi connectivity index (χ2n) is 6.05. The minimum atomic E-state index is -1.09. The van der Waals surface area contributed by atoms with Crippen LogP contribution in [-0.4, -0.2) is 49.1 Å². The van der Waals surface area contributed by atoms with Crippen LogP contribution in [0.2, 0.25) is 0 Å². The first-order chi connectivity index (χ1) is 12.5. The predicted molar refractivity (Wildman–Crippen MR) is 85.4 cm³/mol. The lowest BCUT2D eigenvalue weighted by Crippen LogP contribution is -2.63. The molecule has 8 nitrogen and oxygen atoms in total. The van der Waals surface area contributed by atoms with E-state index in [-0.39, 0.29) is 6.61 Å². The van der Waals surface area contributed by atoms with E-state index in [0.717, 1.165) is 5.56 Å². The van der Waals surface area contributed by atoms with Crippen LogP contribution in [0.4, 0.5) is 0 Å². The maximum absolute atomic E-state index is 11.6. The van der Waals surface area contributed by atoms with Crippen LogP contribution in [0.1, 0.15) is 25.7 Å². The summed E-state index contributed by atoms with van der Waals surface area (Å²) in [5.41, 5.74) is 0.791. The molecule has 2 heterocycles. The van der Waals surface area contributed by atoms with E-state index in [2.05, 4.69) is 0 Å². The van der Waals surface area contributed by atoms with Crippen LogP contribution in [0, 0.1) is 11.3 Å². The van der Waals surface area contributed by atoms with Crippen molar-refractivity contribution in [3.63, 3.8) is 0 Å². The monoisotopic (exact) mass is 361 g/mol. The van der Waals surface area contributed by atoms with Gasteiger partial charge in [0.1, 0.15) is 12.2 Å². The van der Waals surface area contributed by atoms with E-state index in [1.807, 2.05) is 36.4 Å². The fourth-order valence-electron chi connectivity index (χ4n) is 3.11. The number of nitriles is 1. The Morgan fingerprint density at radius 1 is 1.08 bits per heavy atom. The number of rotatable bonds is 3. The van der Waals surface area contributed by atoms with Gasteiger partial charge in [-0.25, -0.2) is 0 Å². The summed E-state index contributed by atoms with van der Waals surface area (Å²) in [7, 11) is 0. The standard InChI is InChI=1S/C18H19NO7/c1-10(20)23-15-13(8-19)25-14-9-22-18(12-6-4-3-5-7-12)26-16(14)17(15)24-11(2)21/h3-7,13-18H,9H2,1-2H3/t13-,14+,15-,16+,17+,18+/m0/s1. The Morgan fingerprint density at radius 2 is 1.73 bits per heavy atom. The van der Waals surface area contributed by atoms with Gasteiger partial charge in [0.2, 0.25) is 0 Å². The molecule has 1 aromatic rings. The largest absolute Gasteiger partial charge is 0.456 e. The van der Waals surface area contributed by atoms with E-state index >= 15 is 0 Å². The Kier molecular flexibility index (Phi) is 5.52. The summed E-state index contributed by atoms with van der Waals surface area (Å²) in [6, 6.07) is 11.2. The van der Waals surface area contributed by atoms with Crippen LogP contribution < -0.4 is 0 Å². The van der Waals surface area contributed by atoms with Gasteiger partial charge in [0.25, 0.3) is 0 Å². The molecule has 0 amide bonds. The summed E-state index contributed by atoms with van der Waals surface area (Å²) in [5, 5.41) is 9.36. The first-order valence-corrected chi connectivity index (χ1v) is 8.21. The normalized spacial score (nSPS) is 33.4. The molecule has 2 aliphatic heterocycles. The first-order valence-electron chi connectivity index (χ1n) is 8.21. The zero-order valence-electron chi connectivity index (χ0n) is 14.4. The predicted octanol–water partition coefficient (Wildman–Crippen LogP) is 1.25. The molecule has 0 aromatic heterocycles. The Labute approximate surface area is 150 Å². The van der Waals surface area contributed by atoms with Gasteiger partial charge in [-0.15, -0.1) is 0 Å². The van der Waals surface area contributed by atoms with Crippen molar-refractivity contribution in [2.45, 2.75) is 50.7 Å². The van der Waals surface area contributed by atoms with Crippen molar-refractivity contribution in [3.05, 3.63) is 35.9 Å². The van der Waals surface area contributed by atoms with Gasteiger partial charge in [0.15, 0.2) is 24.6 Å². The van der Waals surface area contributed by atoms with E-state index < -0.39 is 48.7 Å². The van der Waals surface area contributed by atoms with Crippen LogP contribution in [0.15, 0.2) is 30.3 Å². The summed E-state index contributed by atoms with van der Waals surface area (Å²) in [5.74, 6) is -1.18. The minimum absolute atomic E-state index is 0.146. The van der Waals surface area contributed by atoms with E-state index in [0.29, 0.717) is 0 Å². The van der Waals surface area contributed by atoms with Gasteiger partial charge in [0.05, 0.1) is 12.7 Å². The van der Waals surface area contributed by atoms with Crippen molar-refractivity contribution >= 4 is 11.9 Å². The Hall–Kier alpha value is -2.47. The molecule has 0 aliphatic carbocycles. The molecule has 8 heteroatoms. The highest BCUT2D eigenvalue weighted by Gasteiger charge is 2.53. The molecular weight excluding hydrogens is 342 g/mol. The molecule has 3 rings (SSSR count). The molecule has 6 atom stereocenters. The topological polar surface area (TPSA) is 104 Å². The molecule has 2 aliphatic rings. The molecule has 138 valence electrons. The van der Waals surface area contributed by atoms with Gasteiger partial charge in [-0.05, 0) is 0 Å². The van der Waals surface area contributed by atoms with Gasteiger partial charge in [-0.1, -0.05) is 30.3 Å². The molecular formula is C18H19NO7. The van der Waals surface area contributed by atoms with Crippen LogP contribution in [0.3, 0.4) is 0 Å². The molecule has 26 heavy (non-hydrogen) atoms. The number of fused-ring (bicyclic) bond motifs is 1. The number of nitrogens with zero attached hydrogens (tertiary/aromatic N) is 1. The number of ether oxygens (including phenoxy) is 5. The second-order valence-corrected chi connectivity index (χ2v) is 6.05. The molecule has 0 spiro atoms. The van der Waals surface area contributed by atoms with Crippen LogP contribution in [-0.2, 0) is 33.3 Å². The molecule has 1 aromatic carbocycles. The van der Waals surface area contributed by atoms with Gasteiger partial charge in [-0.2, -0.15) is 5.26 Å². The number of carbonyl (C=O) groups is 2. The third-order valence-electron chi connectivity index (χ3n) is 4.13. The van der Waals surface area contributed by atoms with E-state index in [1.54, 1.807) is 0 Å². The molecule has 2 fully saturated rings. The SMILES string of the molecule is CC(=O)O[C@@H]1[C@@H](OC(C)=O)[C@H](C#N)O[C@@H]2CO[C@@H](c3ccccc3)O[C@@H]12. The highest BCUT2D eigenvalue weighted by atomic mass is 16.7. The smallest absolute Gasteiger partial charge is 0.303 e. The van der Waals surface area contributed by atoms with Gasteiger partial charge in [-0.3, -0.25) is 9.59 Å². The molecule has 0 saturated carbocycles. The van der Waals surface area contributed by atoms with Crippen molar-refractivity contribution in [1.29, 1.82) is 5.26 Å². The quantitative estimate of drug-likeness (QED) is 0.741. The van der Waals surface area contributed by atoms with Crippen molar-refractivity contribution in [2.75, 3.05) is 6.61 Å². The summed E-state index contributed by atoms with van der Waals surface area (Å²) in [6.07, 6.45) is -5.21. The van der Waals surface area contributed by atoms with E-state index in [1.165, 1.54) is 13.8 Å². The Balaban J connectivity index is 1.87. The van der Waals surface area contributed by atoms with Crippen LogP contribution >= 0.6 is 0 Å². The summed E-state index contributed by atoms with van der Waals surface area (Å²) < 4.78 is 27.9. The molecule has 0 bridgehead atoms. The second kappa shape index (κ2) is 7.83. The zero-order chi connectivity index (χ0) is 18.7. The van der Waals surface area contributed by atoms with Crippen LogP contribution in [0.5, 0.6) is 0 Å². The fourth-order valence-corrected chi connectivity index (χ4v) is 3.11. The lowest BCUT2D eigenvalue weighted by molar-refractivity contribution is -0.324. The Morgan fingerprint density at radius 3 is 2.35 bits per heavy atom. The fraction of sp³-hybridized carbons (Fsp3) is 0.500. The lowest BCUT2D eigenvalue weighted by Gasteiger charge is -2.46. The Bertz CT molecular complexity index is 701. The summed E-state index contributed by atoms with van der Waals surface area (Å²) >= 11 is 0. The van der Waals surface area contributed by atoms with Crippen molar-refractivity contribution in [1.82, 2.24) is 0 Å². The van der Waals surface area contributed by atoms with Crippen molar-refractivity contribution in [2.24, 2.45) is 0 Å². The van der Waals surface area contributed by atoms with E-state index in [4.69, 9.17) is 23.7 Å². The number of hydrogen-bond acceptors (Lipinski definition) is 8. The van der Waals surface area contributed by atoms with Gasteiger partial charge < -0.3 is 23.7 Å².